The number of hydrogen-bond donors (Lipinski definition) is 0. The minimum Gasteiger partial charge on any atom is -0.436 e. The molecule has 0 fully saturated rings. The first-order valence-corrected chi connectivity index (χ1v) is 9.66. The van der Waals surface area contributed by atoms with Crippen molar-refractivity contribution in [2.45, 2.75) is 33.3 Å². The molecule has 0 amide bonds. The lowest BCUT2D eigenvalue weighted by Crippen LogP contribution is -2.44. The van der Waals surface area contributed by atoms with E-state index in [0.29, 0.717) is 11.3 Å². The number of fused-ring (bicyclic) bond motifs is 4. The van der Waals surface area contributed by atoms with Gasteiger partial charge >= 0.3 is 0 Å². The monoisotopic (exact) mass is 373 g/mol. The number of benzene rings is 2. The first kappa shape index (κ1) is 15.0. The van der Waals surface area contributed by atoms with Crippen molar-refractivity contribution < 1.29 is 7.16 Å². The molecule has 0 aliphatic carbocycles. The Kier molecular flexibility index (Phi) is 3.35. The van der Waals surface area contributed by atoms with E-state index in [2.05, 4.69) is 46.8 Å². The number of furan rings is 1. The van der Waals surface area contributed by atoms with Crippen molar-refractivity contribution in [1.29, 1.82) is 0 Å². The summed E-state index contributed by atoms with van der Waals surface area (Å²) in [5.74, 6) is 0. The van der Waals surface area contributed by atoms with Crippen LogP contribution < -0.4 is 9.80 Å². The number of hydrogen-bond acceptors (Lipinski definition) is 4. The third kappa shape index (κ3) is 2.48. The molecule has 5 rings (SSSR count). The number of pyridine rings is 1. The van der Waals surface area contributed by atoms with E-state index in [-0.39, 0.29) is 12.7 Å². The molecule has 4 aromatic rings. The fourth-order valence-corrected chi connectivity index (χ4v) is 4.16. The minimum absolute atomic E-state index is 0.0593. The van der Waals surface area contributed by atoms with Crippen molar-refractivity contribution in [3.63, 3.8) is 0 Å². The maximum absolute atomic E-state index is 8.88. The third-order valence-corrected chi connectivity index (χ3v) is 5.84. The van der Waals surface area contributed by atoms with Gasteiger partial charge in [-0.05, 0) is 56.5 Å². The summed E-state index contributed by atoms with van der Waals surface area (Å²) in [5, 5.41) is 1.99. The van der Waals surface area contributed by atoms with E-state index in [4.69, 9.17) is 7.16 Å². The van der Waals surface area contributed by atoms with Gasteiger partial charge in [0.25, 0.3) is 0 Å². The molecule has 1 atom stereocenters. The highest BCUT2D eigenvalue weighted by Crippen LogP contribution is 2.39. The molecule has 0 N–H and O–H groups in total. The van der Waals surface area contributed by atoms with Crippen molar-refractivity contribution in [3.8, 4) is 0 Å². The molecular formula is C24H25N3O. The normalized spacial score (nSPS) is 20.1. The van der Waals surface area contributed by atoms with E-state index in [9.17, 15) is 0 Å². The standard InChI is InChI=1S/C24H25N3O/c1-15-9-11-19-20-12-10-16(2)25-24(20)28-23(19)22(15)27-14-13-18-7-5-6-8-21(18)26(4)17(27)3/h5-12,17H,13-14H2,1-4H3/i13D2. The van der Waals surface area contributed by atoms with E-state index in [1.165, 1.54) is 0 Å². The van der Waals surface area contributed by atoms with Crippen LogP contribution >= 0.6 is 0 Å². The Balaban J connectivity index is 1.75. The zero-order valence-corrected chi connectivity index (χ0v) is 16.7. The summed E-state index contributed by atoms with van der Waals surface area (Å²) >= 11 is 0. The smallest absolute Gasteiger partial charge is 0.227 e. The van der Waals surface area contributed by atoms with Crippen LogP contribution in [-0.2, 0) is 6.37 Å². The largest absolute Gasteiger partial charge is 0.436 e. The summed E-state index contributed by atoms with van der Waals surface area (Å²) in [5.41, 5.74) is 5.93. The first-order chi connectivity index (χ1) is 14.3. The van der Waals surface area contributed by atoms with Crippen LogP contribution in [0.2, 0.25) is 0 Å². The molecule has 0 spiro atoms. The number of para-hydroxylation sites is 1. The molecule has 1 unspecified atom stereocenters. The second-order valence-electron chi connectivity index (χ2n) is 7.58. The summed E-state index contributed by atoms with van der Waals surface area (Å²) < 4.78 is 24.0. The topological polar surface area (TPSA) is 32.5 Å². The van der Waals surface area contributed by atoms with Crippen molar-refractivity contribution in [3.05, 3.63) is 65.4 Å². The fourth-order valence-electron chi connectivity index (χ4n) is 4.16. The molecule has 0 saturated carbocycles. The maximum Gasteiger partial charge on any atom is 0.227 e. The summed E-state index contributed by atoms with van der Waals surface area (Å²) in [4.78, 5) is 8.85. The highest BCUT2D eigenvalue weighted by atomic mass is 16.3. The summed E-state index contributed by atoms with van der Waals surface area (Å²) in [6, 6.07) is 16.0. The van der Waals surface area contributed by atoms with Crippen LogP contribution in [0.15, 0.2) is 52.9 Å². The molecule has 0 bridgehead atoms. The van der Waals surface area contributed by atoms with Crippen molar-refractivity contribution in [2.75, 3.05) is 23.4 Å². The average molecular weight is 373 g/mol. The van der Waals surface area contributed by atoms with Gasteiger partial charge in [0, 0.05) is 38.5 Å². The van der Waals surface area contributed by atoms with Gasteiger partial charge < -0.3 is 14.2 Å². The quantitative estimate of drug-likeness (QED) is 0.444. The molecule has 1 aliphatic heterocycles. The number of nitrogens with zero attached hydrogens (tertiary/aromatic N) is 3. The van der Waals surface area contributed by atoms with E-state index < -0.39 is 6.37 Å². The number of rotatable bonds is 1. The second-order valence-corrected chi connectivity index (χ2v) is 7.58. The maximum atomic E-state index is 8.88. The highest BCUT2D eigenvalue weighted by Gasteiger charge is 2.28. The molecule has 142 valence electrons. The predicted molar refractivity (Wildman–Crippen MR) is 116 cm³/mol. The minimum atomic E-state index is -1.51. The Hall–Kier alpha value is -3.01. The summed E-state index contributed by atoms with van der Waals surface area (Å²) in [6.07, 6.45) is -1.57. The molecular weight excluding hydrogens is 346 g/mol. The summed E-state index contributed by atoms with van der Waals surface area (Å²) in [6.45, 7) is 6.36. The fraction of sp³-hybridized carbons (Fsp3) is 0.292. The van der Waals surface area contributed by atoms with E-state index in [1.807, 2.05) is 44.3 Å². The van der Waals surface area contributed by atoms with Crippen molar-refractivity contribution in [1.82, 2.24) is 4.98 Å². The van der Waals surface area contributed by atoms with E-state index >= 15 is 0 Å². The van der Waals surface area contributed by atoms with Gasteiger partial charge in [0.2, 0.25) is 5.71 Å². The Morgan fingerprint density at radius 2 is 1.86 bits per heavy atom. The highest BCUT2D eigenvalue weighted by molar-refractivity contribution is 6.08. The lowest BCUT2D eigenvalue weighted by Gasteiger charge is -2.36. The molecule has 3 heterocycles. The van der Waals surface area contributed by atoms with Crippen LogP contribution in [0, 0.1) is 13.8 Å². The summed E-state index contributed by atoms with van der Waals surface area (Å²) in [7, 11) is 2.02. The van der Waals surface area contributed by atoms with Crippen molar-refractivity contribution in [2.24, 2.45) is 0 Å². The number of aryl methyl sites for hydroxylation is 2. The van der Waals surface area contributed by atoms with E-state index in [1.54, 1.807) is 0 Å². The lowest BCUT2D eigenvalue weighted by molar-refractivity contribution is 0.618. The molecule has 4 nitrogen and oxygen atoms in total. The van der Waals surface area contributed by atoms with E-state index in [0.717, 1.165) is 39.0 Å². The number of anilines is 2. The first-order valence-electron chi connectivity index (χ1n) is 10.7. The number of aromatic nitrogens is 1. The van der Waals surface area contributed by atoms with Gasteiger partial charge in [-0.15, -0.1) is 0 Å². The lowest BCUT2D eigenvalue weighted by atomic mass is 10.1. The SMILES string of the molecule is [2H]C1([2H])CN(c2c(C)ccc3c2oc2nc(C)ccc23)C(C)N(C)c2ccccc21. The van der Waals surface area contributed by atoms with Gasteiger partial charge in [-0.1, -0.05) is 30.3 Å². The van der Waals surface area contributed by atoms with Crippen LogP contribution in [0.4, 0.5) is 11.4 Å². The van der Waals surface area contributed by atoms with Gasteiger partial charge in [-0.2, -0.15) is 0 Å². The molecule has 0 saturated heterocycles. The zero-order valence-electron chi connectivity index (χ0n) is 18.7. The van der Waals surface area contributed by atoms with Gasteiger partial charge in [-0.3, -0.25) is 0 Å². The zero-order chi connectivity index (χ0) is 21.2. The Morgan fingerprint density at radius 3 is 2.71 bits per heavy atom. The second kappa shape index (κ2) is 6.26. The van der Waals surface area contributed by atoms with Gasteiger partial charge in [0.05, 0.1) is 11.9 Å². The van der Waals surface area contributed by atoms with Gasteiger partial charge in [0.1, 0.15) is 0 Å². The van der Waals surface area contributed by atoms with Crippen LogP contribution in [0.25, 0.3) is 22.1 Å². The van der Waals surface area contributed by atoms with Gasteiger partial charge in [0.15, 0.2) is 5.58 Å². The van der Waals surface area contributed by atoms with Crippen molar-refractivity contribution >= 4 is 33.4 Å². The van der Waals surface area contributed by atoms with Crippen LogP contribution in [0.1, 0.15) is 26.5 Å². The third-order valence-electron chi connectivity index (χ3n) is 5.84. The van der Waals surface area contributed by atoms with Crippen LogP contribution in [-0.4, -0.2) is 24.7 Å². The van der Waals surface area contributed by atoms with Crippen LogP contribution in [0.5, 0.6) is 0 Å². The van der Waals surface area contributed by atoms with Crippen LogP contribution in [0.3, 0.4) is 0 Å². The predicted octanol–water partition coefficient (Wildman–Crippen LogP) is 5.44. The Labute approximate surface area is 168 Å². The molecule has 4 heteroatoms. The molecule has 0 radical (unpaired) electrons. The molecule has 2 aromatic heterocycles. The molecule has 1 aliphatic rings. The Bertz CT molecular complexity index is 1280. The molecule has 2 aromatic carbocycles. The molecule has 28 heavy (non-hydrogen) atoms. The Morgan fingerprint density at radius 1 is 1.07 bits per heavy atom. The average Bonchev–Trinajstić information content (AvgIpc) is 3.05. The van der Waals surface area contributed by atoms with Gasteiger partial charge in [-0.25, -0.2) is 4.98 Å².